The predicted molar refractivity (Wildman–Crippen MR) is 51.6 cm³/mol. The zero-order chi connectivity index (χ0) is 12.2. The molecule has 0 spiro atoms. The molecule has 1 amide bonds. The number of hydrogen-bond acceptors (Lipinski definition) is 2. The topological polar surface area (TPSA) is 42.0 Å². The van der Waals surface area contributed by atoms with E-state index in [-0.39, 0.29) is 5.91 Å². The summed E-state index contributed by atoms with van der Waals surface area (Å²) in [6, 6.07) is 2.29. The van der Waals surface area contributed by atoms with E-state index in [0.29, 0.717) is 18.5 Å². The number of carbonyl (C=O) groups excluding carboxylic acids is 1. The molecule has 3 nitrogen and oxygen atoms in total. The second kappa shape index (κ2) is 4.96. The van der Waals surface area contributed by atoms with Crippen molar-refractivity contribution in [3.8, 4) is 0 Å². The Balaban J connectivity index is 2.55. The van der Waals surface area contributed by atoms with E-state index in [9.17, 15) is 18.0 Å². The molecule has 1 rings (SSSR count). The van der Waals surface area contributed by atoms with Gasteiger partial charge in [-0.05, 0) is 18.1 Å². The first kappa shape index (κ1) is 12.5. The maximum Gasteiger partial charge on any atom is 0.433 e. The quantitative estimate of drug-likeness (QED) is 0.863. The molecule has 0 atom stereocenters. The molecular formula is C10H11F3N2O. The van der Waals surface area contributed by atoms with Gasteiger partial charge in [0.2, 0.25) is 5.91 Å². The van der Waals surface area contributed by atoms with Gasteiger partial charge in [0.15, 0.2) is 0 Å². The summed E-state index contributed by atoms with van der Waals surface area (Å²) < 4.78 is 36.5. The highest BCUT2D eigenvalue weighted by atomic mass is 19.4. The number of nitrogens with zero attached hydrogens (tertiary/aromatic N) is 1. The van der Waals surface area contributed by atoms with Crippen LogP contribution in [0, 0.1) is 0 Å². The van der Waals surface area contributed by atoms with Crippen molar-refractivity contribution in [3.05, 3.63) is 29.6 Å². The smallest absolute Gasteiger partial charge is 0.356 e. The van der Waals surface area contributed by atoms with E-state index < -0.39 is 11.9 Å². The summed E-state index contributed by atoms with van der Waals surface area (Å²) in [6.07, 6.45) is -2.77. The summed E-state index contributed by atoms with van der Waals surface area (Å²) in [4.78, 5) is 13.9. The van der Waals surface area contributed by atoms with E-state index in [1.165, 1.54) is 19.2 Å². The summed E-state index contributed by atoms with van der Waals surface area (Å²) in [5, 5.41) is 2.55. The molecule has 1 aromatic heterocycles. The minimum Gasteiger partial charge on any atom is -0.356 e. The van der Waals surface area contributed by atoms with Crippen LogP contribution in [0.4, 0.5) is 13.2 Å². The molecule has 0 saturated heterocycles. The first-order valence-corrected chi connectivity index (χ1v) is 4.66. The Bertz CT molecular complexity index is 359. The van der Waals surface area contributed by atoms with E-state index in [4.69, 9.17) is 0 Å². The average Bonchev–Trinajstić information content (AvgIpc) is 2.16. The lowest BCUT2D eigenvalue weighted by molar-refractivity contribution is -0.141. The fraction of sp³-hybridized carbons (Fsp3) is 0.400. The van der Waals surface area contributed by atoms with Gasteiger partial charge in [0.1, 0.15) is 5.69 Å². The van der Waals surface area contributed by atoms with E-state index >= 15 is 0 Å². The molecule has 16 heavy (non-hydrogen) atoms. The zero-order valence-electron chi connectivity index (χ0n) is 8.64. The lowest BCUT2D eigenvalue weighted by Gasteiger charge is -2.06. The summed E-state index contributed by atoms with van der Waals surface area (Å²) >= 11 is 0. The van der Waals surface area contributed by atoms with Gasteiger partial charge in [0.05, 0.1) is 0 Å². The number of carbonyl (C=O) groups is 1. The molecular weight excluding hydrogens is 221 g/mol. The van der Waals surface area contributed by atoms with Crippen LogP contribution in [0.25, 0.3) is 0 Å². The highest BCUT2D eigenvalue weighted by molar-refractivity contribution is 5.72. The fourth-order valence-corrected chi connectivity index (χ4v) is 1.12. The third-order valence-corrected chi connectivity index (χ3v) is 1.90. The SMILES string of the molecule is CC(=O)NCCc1ccc(C(F)(F)F)nc1. The molecule has 1 heterocycles. The second-order valence-electron chi connectivity index (χ2n) is 3.28. The van der Waals surface area contributed by atoms with E-state index in [0.717, 1.165) is 6.07 Å². The Hall–Kier alpha value is -1.59. The molecule has 0 fully saturated rings. The first-order valence-electron chi connectivity index (χ1n) is 4.66. The molecule has 0 aliphatic carbocycles. The molecule has 0 bridgehead atoms. The Labute approximate surface area is 90.7 Å². The Morgan fingerprint density at radius 2 is 2.12 bits per heavy atom. The summed E-state index contributed by atoms with van der Waals surface area (Å²) in [7, 11) is 0. The lowest BCUT2D eigenvalue weighted by atomic mass is 10.2. The second-order valence-corrected chi connectivity index (χ2v) is 3.28. The van der Waals surface area contributed by atoms with Crippen molar-refractivity contribution >= 4 is 5.91 Å². The van der Waals surface area contributed by atoms with Crippen molar-refractivity contribution < 1.29 is 18.0 Å². The number of pyridine rings is 1. The molecule has 88 valence electrons. The van der Waals surface area contributed by atoms with Crippen LogP contribution in [-0.2, 0) is 17.4 Å². The molecule has 0 unspecified atom stereocenters. The molecule has 0 aromatic carbocycles. The Morgan fingerprint density at radius 1 is 1.44 bits per heavy atom. The van der Waals surface area contributed by atoms with Crippen molar-refractivity contribution in [2.24, 2.45) is 0 Å². The standard InChI is InChI=1S/C10H11F3N2O/c1-7(16)14-5-4-8-2-3-9(15-6-8)10(11,12)13/h2-3,6H,4-5H2,1H3,(H,14,16). The van der Waals surface area contributed by atoms with Gasteiger partial charge in [-0.2, -0.15) is 13.2 Å². The van der Waals surface area contributed by atoms with Crippen LogP contribution in [0.3, 0.4) is 0 Å². The van der Waals surface area contributed by atoms with Crippen LogP contribution >= 0.6 is 0 Å². The largest absolute Gasteiger partial charge is 0.433 e. The van der Waals surface area contributed by atoms with Crippen molar-refractivity contribution in [3.63, 3.8) is 0 Å². The Morgan fingerprint density at radius 3 is 2.56 bits per heavy atom. The van der Waals surface area contributed by atoms with Gasteiger partial charge in [-0.15, -0.1) is 0 Å². The van der Waals surface area contributed by atoms with Gasteiger partial charge >= 0.3 is 6.18 Å². The predicted octanol–water partition coefficient (Wildman–Crippen LogP) is 1.78. The normalized spacial score (nSPS) is 11.2. The third-order valence-electron chi connectivity index (χ3n) is 1.90. The molecule has 0 aliphatic rings. The molecule has 1 N–H and O–H groups in total. The van der Waals surface area contributed by atoms with Gasteiger partial charge in [-0.3, -0.25) is 9.78 Å². The van der Waals surface area contributed by atoms with Gasteiger partial charge in [0.25, 0.3) is 0 Å². The number of aromatic nitrogens is 1. The number of rotatable bonds is 3. The maximum absolute atomic E-state index is 12.2. The van der Waals surface area contributed by atoms with Gasteiger partial charge in [-0.1, -0.05) is 6.07 Å². The minimum atomic E-state index is -4.41. The number of amides is 1. The number of alkyl halides is 3. The number of hydrogen-bond donors (Lipinski definition) is 1. The van der Waals surface area contributed by atoms with Gasteiger partial charge < -0.3 is 5.32 Å². The van der Waals surface area contributed by atoms with Crippen molar-refractivity contribution in [1.29, 1.82) is 0 Å². The highest BCUT2D eigenvalue weighted by Crippen LogP contribution is 2.27. The van der Waals surface area contributed by atoms with Crippen molar-refractivity contribution in [1.82, 2.24) is 10.3 Å². The van der Waals surface area contributed by atoms with Crippen LogP contribution in [0.1, 0.15) is 18.2 Å². The molecule has 6 heteroatoms. The maximum atomic E-state index is 12.2. The van der Waals surface area contributed by atoms with Crippen molar-refractivity contribution in [2.45, 2.75) is 19.5 Å². The van der Waals surface area contributed by atoms with E-state index in [1.807, 2.05) is 0 Å². The lowest BCUT2D eigenvalue weighted by Crippen LogP contribution is -2.22. The summed E-state index contributed by atoms with van der Waals surface area (Å²) in [6.45, 7) is 1.77. The monoisotopic (exact) mass is 232 g/mol. The van der Waals surface area contributed by atoms with Crippen molar-refractivity contribution in [2.75, 3.05) is 6.54 Å². The fourth-order valence-electron chi connectivity index (χ4n) is 1.12. The van der Waals surface area contributed by atoms with Crippen LogP contribution in [0.5, 0.6) is 0 Å². The minimum absolute atomic E-state index is 0.167. The molecule has 0 aliphatic heterocycles. The zero-order valence-corrected chi connectivity index (χ0v) is 8.64. The van der Waals surface area contributed by atoms with Crippen LogP contribution in [0.2, 0.25) is 0 Å². The van der Waals surface area contributed by atoms with Crippen LogP contribution in [-0.4, -0.2) is 17.4 Å². The van der Waals surface area contributed by atoms with E-state index in [1.54, 1.807) is 0 Å². The molecule has 0 saturated carbocycles. The summed E-state index contributed by atoms with van der Waals surface area (Å²) in [5.41, 5.74) is -0.252. The third kappa shape index (κ3) is 3.88. The van der Waals surface area contributed by atoms with Crippen LogP contribution in [0.15, 0.2) is 18.3 Å². The number of nitrogens with one attached hydrogen (secondary N) is 1. The molecule has 0 radical (unpaired) electrons. The number of halogens is 3. The average molecular weight is 232 g/mol. The highest BCUT2D eigenvalue weighted by Gasteiger charge is 2.31. The van der Waals surface area contributed by atoms with Crippen LogP contribution < -0.4 is 5.32 Å². The Kier molecular flexibility index (Phi) is 3.87. The van der Waals surface area contributed by atoms with Gasteiger partial charge in [-0.25, -0.2) is 0 Å². The first-order chi connectivity index (χ1) is 7.39. The van der Waals surface area contributed by atoms with Gasteiger partial charge in [0, 0.05) is 19.7 Å². The molecule has 1 aromatic rings. The van der Waals surface area contributed by atoms with E-state index in [2.05, 4.69) is 10.3 Å². The summed E-state index contributed by atoms with van der Waals surface area (Å²) in [5.74, 6) is -0.167.